The van der Waals surface area contributed by atoms with Gasteiger partial charge in [0.1, 0.15) is 4.21 Å². The van der Waals surface area contributed by atoms with Crippen LogP contribution in [-0.2, 0) is 19.6 Å². The minimum absolute atomic E-state index is 0.169. The first-order valence-corrected chi connectivity index (χ1v) is 10.5. The van der Waals surface area contributed by atoms with Crippen molar-refractivity contribution >= 4 is 33.2 Å². The topological polar surface area (TPSA) is 95.6 Å². The van der Waals surface area contributed by atoms with Gasteiger partial charge in [-0.15, -0.1) is 17.9 Å². The standard InChI is InChI=1S/C16H23N3O4S2/c1-2-9-17-15(20)16(21)18-10-8-13-6-3-4-11-19(13)25(22,23)14-7-5-12-24-14/h2,5,7,12-13H,1,3-4,6,8-11H2,(H,17,20)(H,18,21). The van der Waals surface area contributed by atoms with Gasteiger partial charge < -0.3 is 10.6 Å². The Morgan fingerprint density at radius 1 is 1.32 bits per heavy atom. The summed E-state index contributed by atoms with van der Waals surface area (Å²) < 4.78 is 27.4. The van der Waals surface area contributed by atoms with Crippen molar-refractivity contribution in [3.8, 4) is 0 Å². The van der Waals surface area contributed by atoms with Crippen LogP contribution in [0.2, 0.25) is 0 Å². The zero-order valence-electron chi connectivity index (χ0n) is 13.9. The van der Waals surface area contributed by atoms with Crippen LogP contribution in [0.1, 0.15) is 25.7 Å². The number of sulfonamides is 1. The van der Waals surface area contributed by atoms with Crippen molar-refractivity contribution in [2.45, 2.75) is 35.9 Å². The number of nitrogens with zero attached hydrogens (tertiary/aromatic N) is 1. The fourth-order valence-corrected chi connectivity index (χ4v) is 5.63. The highest BCUT2D eigenvalue weighted by molar-refractivity contribution is 7.91. The number of carbonyl (C=O) groups excluding carboxylic acids is 2. The van der Waals surface area contributed by atoms with Gasteiger partial charge in [-0.05, 0) is 30.7 Å². The molecule has 2 rings (SSSR count). The molecule has 0 aromatic carbocycles. The van der Waals surface area contributed by atoms with Crippen LogP contribution in [0.5, 0.6) is 0 Å². The van der Waals surface area contributed by atoms with Crippen molar-refractivity contribution in [2.75, 3.05) is 19.6 Å². The molecule has 2 amide bonds. The van der Waals surface area contributed by atoms with Crippen molar-refractivity contribution in [1.29, 1.82) is 0 Å². The van der Waals surface area contributed by atoms with Crippen LogP contribution in [0.4, 0.5) is 0 Å². The number of carbonyl (C=O) groups is 2. The summed E-state index contributed by atoms with van der Waals surface area (Å²) >= 11 is 1.21. The Hall–Kier alpha value is -1.71. The molecule has 1 fully saturated rings. The summed E-state index contributed by atoms with van der Waals surface area (Å²) in [5, 5.41) is 6.68. The average Bonchev–Trinajstić information content (AvgIpc) is 3.15. The van der Waals surface area contributed by atoms with Crippen molar-refractivity contribution in [2.24, 2.45) is 0 Å². The summed E-state index contributed by atoms with van der Waals surface area (Å²) in [6.45, 7) is 4.42. The van der Waals surface area contributed by atoms with E-state index >= 15 is 0 Å². The number of hydrogen-bond donors (Lipinski definition) is 2. The van der Waals surface area contributed by atoms with E-state index in [4.69, 9.17) is 0 Å². The Kier molecular flexibility index (Phi) is 7.15. The van der Waals surface area contributed by atoms with Gasteiger partial charge in [0, 0.05) is 25.7 Å². The molecule has 0 bridgehead atoms. The fourth-order valence-electron chi connectivity index (χ4n) is 2.78. The van der Waals surface area contributed by atoms with Gasteiger partial charge in [0.15, 0.2) is 0 Å². The number of amides is 2. The smallest absolute Gasteiger partial charge is 0.309 e. The second-order valence-electron chi connectivity index (χ2n) is 5.74. The molecule has 2 N–H and O–H groups in total. The van der Waals surface area contributed by atoms with Crippen LogP contribution in [0.15, 0.2) is 34.4 Å². The van der Waals surface area contributed by atoms with E-state index in [9.17, 15) is 18.0 Å². The van der Waals surface area contributed by atoms with Crippen LogP contribution < -0.4 is 10.6 Å². The lowest BCUT2D eigenvalue weighted by Gasteiger charge is -2.34. The Labute approximate surface area is 152 Å². The first-order chi connectivity index (χ1) is 12.0. The largest absolute Gasteiger partial charge is 0.348 e. The molecule has 9 heteroatoms. The van der Waals surface area contributed by atoms with E-state index in [1.165, 1.54) is 21.7 Å². The predicted molar refractivity (Wildman–Crippen MR) is 96.7 cm³/mol. The minimum atomic E-state index is -3.50. The second kappa shape index (κ2) is 9.12. The Morgan fingerprint density at radius 2 is 2.08 bits per heavy atom. The summed E-state index contributed by atoms with van der Waals surface area (Å²) in [7, 11) is -3.50. The maximum atomic E-state index is 12.8. The summed E-state index contributed by atoms with van der Waals surface area (Å²) in [6.07, 6.45) is 4.50. The van der Waals surface area contributed by atoms with Gasteiger partial charge in [0.25, 0.3) is 10.0 Å². The molecule has 25 heavy (non-hydrogen) atoms. The van der Waals surface area contributed by atoms with Gasteiger partial charge in [-0.2, -0.15) is 4.31 Å². The number of hydrogen-bond acceptors (Lipinski definition) is 5. The molecule has 138 valence electrons. The molecular formula is C16H23N3O4S2. The van der Waals surface area contributed by atoms with E-state index < -0.39 is 21.8 Å². The van der Waals surface area contributed by atoms with Crippen molar-refractivity contribution in [3.63, 3.8) is 0 Å². The van der Waals surface area contributed by atoms with Crippen LogP contribution in [0.3, 0.4) is 0 Å². The molecule has 1 atom stereocenters. The molecule has 0 aliphatic carbocycles. The number of thiophene rings is 1. The minimum Gasteiger partial charge on any atom is -0.348 e. The molecule has 0 saturated carbocycles. The molecule has 2 heterocycles. The van der Waals surface area contributed by atoms with Gasteiger partial charge in [-0.3, -0.25) is 9.59 Å². The summed E-state index contributed by atoms with van der Waals surface area (Å²) in [5.41, 5.74) is 0. The van der Waals surface area contributed by atoms with E-state index in [2.05, 4.69) is 17.2 Å². The summed E-state index contributed by atoms with van der Waals surface area (Å²) in [6, 6.07) is 3.16. The zero-order valence-corrected chi connectivity index (χ0v) is 15.6. The Morgan fingerprint density at radius 3 is 2.76 bits per heavy atom. The molecule has 7 nitrogen and oxygen atoms in total. The average molecular weight is 386 g/mol. The van der Waals surface area contributed by atoms with Crippen molar-refractivity contribution in [3.05, 3.63) is 30.2 Å². The van der Waals surface area contributed by atoms with Gasteiger partial charge in [-0.25, -0.2) is 8.42 Å². The normalized spacial score (nSPS) is 18.5. The molecular weight excluding hydrogens is 362 g/mol. The zero-order chi connectivity index (χ0) is 18.3. The van der Waals surface area contributed by atoms with E-state index in [-0.39, 0.29) is 19.1 Å². The first-order valence-electron chi connectivity index (χ1n) is 8.19. The van der Waals surface area contributed by atoms with Crippen molar-refractivity contribution in [1.82, 2.24) is 14.9 Å². The number of nitrogens with one attached hydrogen (secondary N) is 2. The Balaban J connectivity index is 1.92. The molecule has 1 aromatic rings. The van der Waals surface area contributed by atoms with Gasteiger partial charge in [0.05, 0.1) is 0 Å². The quantitative estimate of drug-likeness (QED) is 0.543. The second-order valence-corrected chi connectivity index (χ2v) is 8.81. The van der Waals surface area contributed by atoms with Crippen LogP contribution in [-0.4, -0.2) is 50.2 Å². The SMILES string of the molecule is C=CCNC(=O)C(=O)NCCC1CCCCN1S(=O)(=O)c1cccs1. The molecule has 1 saturated heterocycles. The molecule has 1 aromatic heterocycles. The third-order valence-electron chi connectivity index (χ3n) is 4.01. The molecule has 1 unspecified atom stereocenters. The predicted octanol–water partition coefficient (Wildman–Crippen LogP) is 1.10. The van der Waals surface area contributed by atoms with Crippen molar-refractivity contribution < 1.29 is 18.0 Å². The lowest BCUT2D eigenvalue weighted by atomic mass is 10.0. The fraction of sp³-hybridized carbons (Fsp3) is 0.500. The van der Waals surface area contributed by atoms with E-state index in [0.29, 0.717) is 17.2 Å². The third-order valence-corrected chi connectivity index (χ3v) is 7.33. The maximum absolute atomic E-state index is 12.8. The van der Waals surface area contributed by atoms with Gasteiger partial charge in [-0.1, -0.05) is 18.6 Å². The summed E-state index contributed by atoms with van der Waals surface area (Å²) in [4.78, 5) is 23.2. The number of rotatable bonds is 7. The number of piperidine rings is 1. The molecule has 0 radical (unpaired) electrons. The van der Waals surface area contributed by atoms with E-state index in [1.807, 2.05) is 0 Å². The van der Waals surface area contributed by atoms with Gasteiger partial charge in [0.2, 0.25) is 0 Å². The van der Waals surface area contributed by atoms with Gasteiger partial charge >= 0.3 is 11.8 Å². The monoisotopic (exact) mass is 385 g/mol. The highest BCUT2D eigenvalue weighted by Crippen LogP contribution is 2.28. The highest BCUT2D eigenvalue weighted by atomic mass is 32.2. The van der Waals surface area contributed by atoms with E-state index in [0.717, 1.165) is 19.3 Å². The lowest BCUT2D eigenvalue weighted by molar-refractivity contribution is -0.139. The molecule has 1 aliphatic heterocycles. The Bertz CT molecular complexity index is 701. The van der Waals surface area contributed by atoms with Crippen LogP contribution >= 0.6 is 11.3 Å². The summed E-state index contributed by atoms with van der Waals surface area (Å²) in [5.74, 6) is -1.43. The van der Waals surface area contributed by atoms with E-state index in [1.54, 1.807) is 17.5 Å². The first kappa shape index (κ1) is 19.6. The third kappa shape index (κ3) is 5.13. The maximum Gasteiger partial charge on any atom is 0.309 e. The highest BCUT2D eigenvalue weighted by Gasteiger charge is 2.33. The lowest BCUT2D eigenvalue weighted by Crippen LogP contribution is -2.46. The molecule has 0 spiro atoms. The molecule has 1 aliphatic rings. The van der Waals surface area contributed by atoms with Crippen LogP contribution in [0, 0.1) is 0 Å². The van der Waals surface area contributed by atoms with Crippen LogP contribution in [0.25, 0.3) is 0 Å².